The molecule has 1 saturated heterocycles. The lowest BCUT2D eigenvalue weighted by atomic mass is 9.97. The number of anilines is 1. The Hall–Kier alpha value is -4.58. The molecule has 2 aromatic carbocycles. The second-order valence-electron chi connectivity index (χ2n) is 12.0. The first-order chi connectivity index (χ1) is 22.0. The van der Waals surface area contributed by atoms with Gasteiger partial charge in [0, 0.05) is 31.6 Å². The summed E-state index contributed by atoms with van der Waals surface area (Å²) in [6, 6.07) is 3.26. The van der Waals surface area contributed by atoms with Crippen molar-refractivity contribution in [2.24, 2.45) is 0 Å². The SMILES string of the molecule is C=CC(=O)N1CCN2c3nc(=O)n(-c4c(C(C)C)ncnc4C(C)C)c4c(F)c(-c5c(O)cccc5F)c(Cl)c(c34)OCCC2C1. The number of ether oxygens (including phenoxy) is 1. The number of nitrogens with zero attached hydrogens (tertiary/aromatic N) is 6. The van der Waals surface area contributed by atoms with Crippen LogP contribution in [0.15, 0.2) is 42.0 Å². The largest absolute Gasteiger partial charge is 0.507 e. The fourth-order valence-electron chi connectivity index (χ4n) is 6.38. The number of rotatable bonds is 5. The van der Waals surface area contributed by atoms with E-state index in [0.717, 1.165) is 10.6 Å². The monoisotopic (exact) mass is 650 g/mol. The minimum Gasteiger partial charge on any atom is -0.507 e. The quantitative estimate of drug-likeness (QED) is 0.273. The highest BCUT2D eigenvalue weighted by Crippen LogP contribution is 2.50. The first-order valence-corrected chi connectivity index (χ1v) is 15.4. The fourth-order valence-corrected chi connectivity index (χ4v) is 6.71. The Bertz CT molecular complexity index is 1920. The van der Waals surface area contributed by atoms with E-state index in [9.17, 15) is 14.7 Å². The molecule has 0 radical (unpaired) electrons. The van der Waals surface area contributed by atoms with E-state index in [1.54, 1.807) is 4.90 Å². The van der Waals surface area contributed by atoms with Gasteiger partial charge in [-0.2, -0.15) is 4.98 Å². The van der Waals surface area contributed by atoms with Crippen molar-refractivity contribution >= 4 is 34.2 Å². The molecule has 240 valence electrons. The molecule has 1 atom stereocenters. The topological polar surface area (TPSA) is 114 Å². The number of halogens is 3. The van der Waals surface area contributed by atoms with E-state index in [4.69, 9.17) is 16.3 Å². The van der Waals surface area contributed by atoms with E-state index in [0.29, 0.717) is 30.9 Å². The first kappa shape index (κ1) is 31.4. The molecule has 1 N–H and O–H groups in total. The van der Waals surface area contributed by atoms with Gasteiger partial charge < -0.3 is 19.6 Å². The van der Waals surface area contributed by atoms with Crippen molar-refractivity contribution in [3.8, 4) is 28.3 Å². The maximum Gasteiger partial charge on any atom is 0.354 e. The third-order valence-corrected chi connectivity index (χ3v) is 8.89. The van der Waals surface area contributed by atoms with Crippen LogP contribution >= 0.6 is 11.6 Å². The Morgan fingerprint density at radius 3 is 2.46 bits per heavy atom. The molecule has 13 heteroatoms. The average Bonchev–Trinajstić information content (AvgIpc) is 3.01. The molecule has 0 bridgehead atoms. The molecule has 4 heterocycles. The Kier molecular flexibility index (Phi) is 8.18. The minimum absolute atomic E-state index is 0.0101. The van der Waals surface area contributed by atoms with Gasteiger partial charge in [-0.3, -0.25) is 9.36 Å². The highest BCUT2D eigenvalue weighted by Gasteiger charge is 2.38. The van der Waals surface area contributed by atoms with Gasteiger partial charge in [-0.1, -0.05) is 51.9 Å². The van der Waals surface area contributed by atoms with Crippen LogP contribution in [0.3, 0.4) is 0 Å². The molecule has 0 spiro atoms. The molecule has 0 aliphatic carbocycles. The van der Waals surface area contributed by atoms with Crippen molar-refractivity contribution in [3.63, 3.8) is 0 Å². The lowest BCUT2D eigenvalue weighted by molar-refractivity contribution is -0.126. The van der Waals surface area contributed by atoms with Crippen LogP contribution in [0.2, 0.25) is 5.02 Å². The minimum atomic E-state index is -1.06. The number of amides is 1. The van der Waals surface area contributed by atoms with Crippen LogP contribution < -0.4 is 15.3 Å². The van der Waals surface area contributed by atoms with Gasteiger partial charge in [0.15, 0.2) is 11.6 Å². The number of piperazine rings is 1. The summed E-state index contributed by atoms with van der Waals surface area (Å²) in [5.41, 5.74) is -0.810. The standard InChI is InChI=1S/C33H33ClF2N6O4/c1-6-21(44)40-11-12-41-18(14-40)10-13-46-31-24-29(26(36)23(25(31)34)22-19(35)8-7-9-20(22)43)42(33(45)39-32(24)41)30-27(16(2)3)37-15-38-28(30)17(4)5/h6-9,15-18,43H,1,10-14H2,2-5H3. The molecular weight excluding hydrogens is 618 g/mol. The van der Waals surface area contributed by atoms with Crippen molar-refractivity contribution in [3.05, 3.63) is 75.7 Å². The Morgan fingerprint density at radius 2 is 1.83 bits per heavy atom. The number of hydrogen-bond acceptors (Lipinski definition) is 8. The molecular formula is C33H33ClF2N6O4. The summed E-state index contributed by atoms with van der Waals surface area (Å²) in [7, 11) is 0. The second kappa shape index (κ2) is 12.0. The summed E-state index contributed by atoms with van der Waals surface area (Å²) in [5.74, 6) is -3.05. The van der Waals surface area contributed by atoms with E-state index in [1.165, 1.54) is 24.5 Å². The summed E-state index contributed by atoms with van der Waals surface area (Å²) in [6.45, 7) is 12.1. The number of aromatic hydroxyl groups is 1. The molecule has 2 aliphatic rings. The molecule has 2 aromatic heterocycles. The first-order valence-electron chi connectivity index (χ1n) is 15.1. The third-order valence-electron chi connectivity index (χ3n) is 8.53. The highest BCUT2D eigenvalue weighted by molar-refractivity contribution is 6.36. The van der Waals surface area contributed by atoms with Crippen LogP contribution in [0.25, 0.3) is 27.7 Å². The summed E-state index contributed by atoms with van der Waals surface area (Å²) in [4.78, 5) is 43.8. The van der Waals surface area contributed by atoms with E-state index in [1.807, 2.05) is 32.6 Å². The molecule has 1 fully saturated rings. The van der Waals surface area contributed by atoms with Crippen LogP contribution in [0.4, 0.5) is 14.6 Å². The van der Waals surface area contributed by atoms with Gasteiger partial charge in [-0.25, -0.2) is 23.5 Å². The van der Waals surface area contributed by atoms with Gasteiger partial charge in [0.05, 0.1) is 45.7 Å². The van der Waals surface area contributed by atoms with Gasteiger partial charge >= 0.3 is 5.69 Å². The smallest absolute Gasteiger partial charge is 0.354 e. The zero-order valence-electron chi connectivity index (χ0n) is 25.9. The Morgan fingerprint density at radius 1 is 1.13 bits per heavy atom. The predicted octanol–water partition coefficient (Wildman–Crippen LogP) is 5.71. The van der Waals surface area contributed by atoms with Crippen molar-refractivity contribution < 1.29 is 23.4 Å². The van der Waals surface area contributed by atoms with Crippen molar-refractivity contribution in [2.45, 2.75) is 52.0 Å². The van der Waals surface area contributed by atoms with Crippen LogP contribution in [0.1, 0.15) is 57.3 Å². The van der Waals surface area contributed by atoms with Crippen LogP contribution in [0.5, 0.6) is 11.5 Å². The number of carbonyl (C=O) groups is 1. The maximum atomic E-state index is 17.4. The van der Waals surface area contributed by atoms with Crippen LogP contribution in [-0.2, 0) is 4.79 Å². The summed E-state index contributed by atoms with van der Waals surface area (Å²) in [5, 5.41) is 10.6. The predicted molar refractivity (Wildman–Crippen MR) is 171 cm³/mol. The van der Waals surface area contributed by atoms with E-state index >= 15 is 8.78 Å². The molecule has 10 nitrogen and oxygen atoms in total. The van der Waals surface area contributed by atoms with Crippen molar-refractivity contribution in [1.29, 1.82) is 0 Å². The van der Waals surface area contributed by atoms with E-state index in [-0.39, 0.29) is 70.1 Å². The lowest BCUT2D eigenvalue weighted by Crippen LogP contribution is -2.56. The van der Waals surface area contributed by atoms with Gasteiger partial charge in [0.1, 0.15) is 29.2 Å². The number of aromatic nitrogens is 4. The van der Waals surface area contributed by atoms with Gasteiger partial charge in [-0.15, -0.1) is 0 Å². The van der Waals surface area contributed by atoms with Crippen molar-refractivity contribution in [1.82, 2.24) is 24.4 Å². The van der Waals surface area contributed by atoms with Crippen molar-refractivity contribution in [2.75, 3.05) is 31.1 Å². The van der Waals surface area contributed by atoms with Crippen LogP contribution in [-0.4, -0.2) is 67.7 Å². The normalized spacial score (nSPS) is 16.3. The number of carbonyl (C=O) groups excluding carboxylic acids is 1. The summed E-state index contributed by atoms with van der Waals surface area (Å²) >= 11 is 6.90. The van der Waals surface area contributed by atoms with E-state index in [2.05, 4.69) is 21.5 Å². The maximum absolute atomic E-state index is 17.4. The second-order valence-corrected chi connectivity index (χ2v) is 12.4. The van der Waals surface area contributed by atoms with E-state index < -0.39 is 34.2 Å². The number of fused-ring (bicyclic) bond motifs is 2. The zero-order chi connectivity index (χ0) is 33.0. The molecule has 2 aliphatic heterocycles. The molecule has 46 heavy (non-hydrogen) atoms. The van der Waals surface area contributed by atoms with Gasteiger partial charge in [0.2, 0.25) is 5.91 Å². The summed E-state index contributed by atoms with van der Waals surface area (Å²) < 4.78 is 40.2. The molecule has 1 unspecified atom stereocenters. The lowest BCUT2D eigenvalue weighted by Gasteiger charge is -2.43. The Labute approximate surface area is 268 Å². The summed E-state index contributed by atoms with van der Waals surface area (Å²) in [6.07, 6.45) is 3.06. The van der Waals surface area contributed by atoms with Crippen LogP contribution in [0, 0.1) is 11.6 Å². The number of benzene rings is 2. The molecule has 6 rings (SSSR count). The number of hydrogen-bond donors (Lipinski definition) is 1. The Balaban J connectivity index is 1.79. The molecule has 0 saturated carbocycles. The van der Waals surface area contributed by atoms with Gasteiger partial charge in [0.25, 0.3) is 0 Å². The number of phenolic OH excluding ortho intramolecular Hbond substituents is 1. The number of phenols is 1. The highest BCUT2D eigenvalue weighted by atomic mass is 35.5. The third kappa shape index (κ3) is 4.95. The average molecular weight is 651 g/mol. The van der Waals surface area contributed by atoms with Gasteiger partial charge in [-0.05, 0) is 30.0 Å². The molecule has 4 aromatic rings. The zero-order valence-corrected chi connectivity index (χ0v) is 26.6. The fraction of sp³-hybridized carbons (Fsp3) is 0.364. The molecule has 1 amide bonds.